The van der Waals surface area contributed by atoms with E-state index in [0.29, 0.717) is 23.0 Å². The van der Waals surface area contributed by atoms with Crippen molar-refractivity contribution in [3.63, 3.8) is 0 Å². The molecule has 0 unspecified atom stereocenters. The quantitative estimate of drug-likeness (QED) is 0.618. The Kier molecular flexibility index (Phi) is 5.51. The van der Waals surface area contributed by atoms with Crippen LogP contribution in [0.15, 0.2) is 42.7 Å². The minimum Gasteiger partial charge on any atom is -0.478 e. The van der Waals surface area contributed by atoms with E-state index in [-0.39, 0.29) is 21.8 Å². The van der Waals surface area contributed by atoms with Crippen LogP contribution < -0.4 is 10.6 Å². The van der Waals surface area contributed by atoms with Gasteiger partial charge in [-0.1, -0.05) is 18.5 Å². The fourth-order valence-electron chi connectivity index (χ4n) is 2.61. The van der Waals surface area contributed by atoms with Gasteiger partial charge >= 0.3 is 12.0 Å². The summed E-state index contributed by atoms with van der Waals surface area (Å²) in [4.78, 5) is 44.0. The third-order valence-corrected chi connectivity index (χ3v) is 4.42. The minimum atomic E-state index is -1.21. The van der Waals surface area contributed by atoms with Crippen molar-refractivity contribution in [3.05, 3.63) is 64.4 Å². The van der Waals surface area contributed by atoms with Crippen LogP contribution in [0, 0.1) is 0 Å². The van der Waals surface area contributed by atoms with Crippen molar-refractivity contribution < 1.29 is 19.5 Å². The number of carbonyl (C=O) groups excluding carboxylic acids is 2. The molecule has 3 rings (SSSR count). The van der Waals surface area contributed by atoms with Crippen molar-refractivity contribution in [1.29, 1.82) is 0 Å². The number of carboxylic acid groups (broad SMARTS) is 1. The van der Waals surface area contributed by atoms with E-state index in [1.165, 1.54) is 30.6 Å². The predicted molar refractivity (Wildman–Crippen MR) is 104 cm³/mol. The molecule has 3 N–H and O–H groups in total. The fraction of sp³-hybridized carbons (Fsp3) is 0.105. The highest BCUT2D eigenvalue weighted by Gasteiger charge is 2.16. The number of benzene rings is 2. The van der Waals surface area contributed by atoms with Crippen molar-refractivity contribution in [1.82, 2.24) is 15.3 Å². The summed E-state index contributed by atoms with van der Waals surface area (Å²) in [5.41, 5.74) is 2.03. The van der Waals surface area contributed by atoms with Gasteiger partial charge in [0.15, 0.2) is 0 Å². The lowest BCUT2D eigenvalue weighted by Gasteiger charge is -2.11. The maximum Gasteiger partial charge on any atom is 0.337 e. The number of aryl methyl sites for hydroxylation is 1. The van der Waals surface area contributed by atoms with Gasteiger partial charge in [0.1, 0.15) is 0 Å². The second-order valence-corrected chi connectivity index (χ2v) is 6.20. The Morgan fingerprint density at radius 1 is 1.07 bits per heavy atom. The smallest absolute Gasteiger partial charge is 0.337 e. The Labute approximate surface area is 164 Å². The van der Waals surface area contributed by atoms with Gasteiger partial charge in [-0.15, -0.1) is 0 Å². The maximum atomic E-state index is 12.3. The lowest BCUT2D eigenvalue weighted by Crippen LogP contribution is -2.34. The first kappa shape index (κ1) is 19.2. The summed E-state index contributed by atoms with van der Waals surface area (Å²) in [6, 6.07) is 6.67. The van der Waals surface area contributed by atoms with Gasteiger partial charge in [-0.25, -0.2) is 9.59 Å². The first-order valence-electron chi connectivity index (χ1n) is 8.28. The number of halogens is 1. The van der Waals surface area contributed by atoms with Crippen LogP contribution in [0.1, 0.15) is 33.2 Å². The zero-order valence-electron chi connectivity index (χ0n) is 14.7. The van der Waals surface area contributed by atoms with E-state index < -0.39 is 17.9 Å². The van der Waals surface area contributed by atoms with E-state index in [9.17, 15) is 19.5 Å². The fourth-order valence-corrected chi connectivity index (χ4v) is 2.94. The molecule has 0 atom stereocenters. The van der Waals surface area contributed by atoms with Gasteiger partial charge < -0.3 is 10.4 Å². The summed E-state index contributed by atoms with van der Waals surface area (Å²) in [6.45, 7) is 1.81. The van der Waals surface area contributed by atoms with Crippen LogP contribution in [0.3, 0.4) is 0 Å². The maximum absolute atomic E-state index is 12.3. The molecule has 142 valence electrons. The average Bonchev–Trinajstić information content (AvgIpc) is 2.68. The van der Waals surface area contributed by atoms with E-state index in [0.717, 1.165) is 0 Å². The number of fused-ring (bicyclic) bond motifs is 1. The number of hydrogen-bond donors (Lipinski definition) is 3. The number of aromatic nitrogens is 2. The lowest BCUT2D eigenvalue weighted by atomic mass is 10.1. The van der Waals surface area contributed by atoms with Crippen molar-refractivity contribution in [2.75, 3.05) is 5.32 Å². The highest BCUT2D eigenvalue weighted by Crippen LogP contribution is 2.26. The van der Waals surface area contributed by atoms with Crippen molar-refractivity contribution in [2.24, 2.45) is 0 Å². The van der Waals surface area contributed by atoms with Crippen LogP contribution in [0.4, 0.5) is 10.5 Å². The summed E-state index contributed by atoms with van der Waals surface area (Å²) in [5.74, 6) is -1.84. The molecular formula is C19H15ClN4O4. The van der Waals surface area contributed by atoms with Gasteiger partial charge in [0.2, 0.25) is 0 Å². The standard InChI is InChI=1S/C19H15ClN4O4/c1-2-10-7-12(9-13(16(10)20)18(26)27)23-19(28)24-17(25)11-3-4-14-15(8-11)22-6-5-21-14/h3-9H,2H2,1H3,(H,26,27)(H2,23,24,25,28). The van der Waals surface area contributed by atoms with Gasteiger partial charge in [0.25, 0.3) is 5.91 Å². The topological polar surface area (TPSA) is 121 Å². The Morgan fingerprint density at radius 3 is 2.46 bits per heavy atom. The molecule has 0 aliphatic heterocycles. The summed E-state index contributed by atoms with van der Waals surface area (Å²) in [5, 5.41) is 14.0. The number of carbonyl (C=O) groups is 3. The van der Waals surface area contributed by atoms with Gasteiger partial charge in [0, 0.05) is 23.6 Å². The molecule has 3 aromatic rings. The Balaban J connectivity index is 1.76. The van der Waals surface area contributed by atoms with Gasteiger partial charge in [-0.05, 0) is 42.3 Å². The molecule has 0 saturated carbocycles. The second kappa shape index (κ2) is 8.01. The monoisotopic (exact) mass is 398 g/mol. The number of nitrogens with zero attached hydrogens (tertiary/aromatic N) is 2. The SMILES string of the molecule is CCc1cc(NC(=O)NC(=O)c2ccc3nccnc3c2)cc(C(=O)O)c1Cl. The summed E-state index contributed by atoms with van der Waals surface area (Å²) >= 11 is 6.05. The number of rotatable bonds is 4. The molecular weight excluding hydrogens is 384 g/mol. The highest BCUT2D eigenvalue weighted by molar-refractivity contribution is 6.34. The van der Waals surface area contributed by atoms with Crippen LogP contribution in [0.25, 0.3) is 11.0 Å². The van der Waals surface area contributed by atoms with E-state index in [1.807, 2.05) is 6.92 Å². The number of hydrogen-bond acceptors (Lipinski definition) is 5. The number of imide groups is 1. The molecule has 0 radical (unpaired) electrons. The molecule has 8 nitrogen and oxygen atoms in total. The molecule has 0 fully saturated rings. The minimum absolute atomic E-state index is 0.120. The molecule has 1 heterocycles. The van der Waals surface area contributed by atoms with Crippen LogP contribution in [0.2, 0.25) is 5.02 Å². The average molecular weight is 399 g/mol. The zero-order chi connectivity index (χ0) is 20.3. The summed E-state index contributed by atoms with van der Waals surface area (Å²) < 4.78 is 0. The second-order valence-electron chi connectivity index (χ2n) is 5.82. The third kappa shape index (κ3) is 4.07. The molecule has 0 spiro atoms. The number of anilines is 1. The first-order valence-corrected chi connectivity index (χ1v) is 8.65. The van der Waals surface area contributed by atoms with Gasteiger partial charge in [-0.3, -0.25) is 20.1 Å². The van der Waals surface area contributed by atoms with Crippen molar-refractivity contribution in [2.45, 2.75) is 13.3 Å². The molecule has 0 bridgehead atoms. The third-order valence-electron chi connectivity index (χ3n) is 3.98. The number of carboxylic acids is 1. The van der Waals surface area contributed by atoms with Gasteiger partial charge in [0.05, 0.1) is 21.6 Å². The lowest BCUT2D eigenvalue weighted by molar-refractivity contribution is 0.0696. The highest BCUT2D eigenvalue weighted by atomic mass is 35.5. The molecule has 1 aromatic heterocycles. The van der Waals surface area contributed by atoms with E-state index >= 15 is 0 Å². The van der Waals surface area contributed by atoms with Crippen LogP contribution in [0.5, 0.6) is 0 Å². The molecule has 3 amide bonds. The van der Waals surface area contributed by atoms with E-state index in [4.69, 9.17) is 11.6 Å². The summed E-state index contributed by atoms with van der Waals surface area (Å²) in [7, 11) is 0. The Bertz CT molecular complexity index is 1100. The van der Waals surface area contributed by atoms with Crippen molar-refractivity contribution in [3.8, 4) is 0 Å². The van der Waals surface area contributed by atoms with Gasteiger partial charge in [-0.2, -0.15) is 0 Å². The number of amides is 3. The number of aromatic carboxylic acids is 1. The predicted octanol–water partition coefficient (Wildman–Crippen LogP) is 3.51. The first-order chi connectivity index (χ1) is 13.4. The Hall–Kier alpha value is -3.52. The molecule has 2 aromatic carbocycles. The molecule has 0 aliphatic rings. The summed E-state index contributed by atoms with van der Waals surface area (Å²) in [6.07, 6.45) is 3.52. The largest absolute Gasteiger partial charge is 0.478 e. The molecule has 0 aliphatic carbocycles. The van der Waals surface area contributed by atoms with E-state index in [1.54, 1.807) is 12.1 Å². The molecule has 9 heteroatoms. The van der Waals surface area contributed by atoms with Crippen LogP contribution >= 0.6 is 11.6 Å². The van der Waals surface area contributed by atoms with Crippen LogP contribution in [-0.2, 0) is 6.42 Å². The normalized spacial score (nSPS) is 10.5. The Morgan fingerprint density at radius 2 is 1.79 bits per heavy atom. The zero-order valence-corrected chi connectivity index (χ0v) is 15.4. The van der Waals surface area contributed by atoms with E-state index in [2.05, 4.69) is 20.6 Å². The molecule has 28 heavy (non-hydrogen) atoms. The number of urea groups is 1. The molecule has 0 saturated heterocycles. The van der Waals surface area contributed by atoms with Crippen molar-refractivity contribution >= 4 is 46.2 Å². The number of nitrogens with one attached hydrogen (secondary N) is 2. The van der Waals surface area contributed by atoms with Crippen LogP contribution in [-0.4, -0.2) is 33.0 Å².